The van der Waals surface area contributed by atoms with Crippen LogP contribution in [0.3, 0.4) is 0 Å². The zero-order valence-corrected chi connectivity index (χ0v) is 12.9. The third-order valence-corrected chi connectivity index (χ3v) is 3.63. The van der Waals surface area contributed by atoms with Crippen LogP contribution in [0.5, 0.6) is 0 Å². The summed E-state index contributed by atoms with van der Waals surface area (Å²) in [5.74, 6) is -0.569. The van der Waals surface area contributed by atoms with Crippen molar-refractivity contribution in [2.75, 3.05) is 0 Å². The zero-order chi connectivity index (χ0) is 16.1. The summed E-state index contributed by atoms with van der Waals surface area (Å²) in [5, 5.41) is 11.8. The fraction of sp³-hybridized carbons (Fsp3) is 0.438. The number of carboxylic acid groups (broad SMARTS) is 1. The van der Waals surface area contributed by atoms with Crippen LogP contribution in [0, 0.1) is 6.92 Å². The van der Waals surface area contributed by atoms with E-state index in [4.69, 9.17) is 5.11 Å². The van der Waals surface area contributed by atoms with Crippen LogP contribution in [0.1, 0.15) is 32.0 Å². The molecule has 0 saturated heterocycles. The van der Waals surface area contributed by atoms with E-state index in [0.717, 1.165) is 29.7 Å². The SMILES string of the molecule is CCCCC(NC(=O)Cn1c(C)nc2ccccc21)C(=O)O. The zero-order valence-electron chi connectivity index (χ0n) is 12.9. The molecule has 6 heteroatoms. The second kappa shape index (κ2) is 7.06. The van der Waals surface area contributed by atoms with Crippen molar-refractivity contribution in [2.24, 2.45) is 0 Å². The first-order chi connectivity index (χ1) is 10.5. The molecule has 0 fully saturated rings. The lowest BCUT2D eigenvalue weighted by Gasteiger charge is -2.15. The number of unbranched alkanes of at least 4 members (excludes halogenated alkanes) is 1. The summed E-state index contributed by atoms with van der Waals surface area (Å²) < 4.78 is 1.80. The molecule has 118 valence electrons. The van der Waals surface area contributed by atoms with Crippen LogP contribution in [0.4, 0.5) is 0 Å². The topological polar surface area (TPSA) is 84.2 Å². The van der Waals surface area contributed by atoms with E-state index in [-0.39, 0.29) is 12.5 Å². The number of hydrogen-bond donors (Lipinski definition) is 2. The van der Waals surface area contributed by atoms with Crippen molar-refractivity contribution in [1.29, 1.82) is 0 Å². The predicted molar refractivity (Wildman–Crippen MR) is 83.6 cm³/mol. The van der Waals surface area contributed by atoms with Gasteiger partial charge in [-0.25, -0.2) is 9.78 Å². The van der Waals surface area contributed by atoms with E-state index in [0.29, 0.717) is 6.42 Å². The van der Waals surface area contributed by atoms with Crippen molar-refractivity contribution in [3.8, 4) is 0 Å². The van der Waals surface area contributed by atoms with Crippen LogP contribution in [0.25, 0.3) is 11.0 Å². The third-order valence-electron chi connectivity index (χ3n) is 3.63. The highest BCUT2D eigenvalue weighted by Gasteiger charge is 2.20. The number of para-hydroxylation sites is 2. The van der Waals surface area contributed by atoms with Crippen molar-refractivity contribution in [3.63, 3.8) is 0 Å². The van der Waals surface area contributed by atoms with Gasteiger partial charge in [0.2, 0.25) is 5.91 Å². The molecule has 1 aromatic heterocycles. The molecule has 2 aromatic rings. The average Bonchev–Trinajstić information content (AvgIpc) is 2.79. The molecule has 2 N–H and O–H groups in total. The Balaban J connectivity index is 2.10. The Morgan fingerprint density at radius 3 is 2.77 bits per heavy atom. The lowest BCUT2D eigenvalue weighted by Crippen LogP contribution is -2.42. The first-order valence-electron chi connectivity index (χ1n) is 7.47. The number of carboxylic acids is 1. The smallest absolute Gasteiger partial charge is 0.326 e. The van der Waals surface area contributed by atoms with Crippen molar-refractivity contribution >= 4 is 22.9 Å². The Morgan fingerprint density at radius 1 is 1.36 bits per heavy atom. The van der Waals surface area contributed by atoms with E-state index >= 15 is 0 Å². The molecule has 0 bridgehead atoms. The molecular weight excluding hydrogens is 282 g/mol. The van der Waals surface area contributed by atoms with Gasteiger partial charge in [0.1, 0.15) is 18.4 Å². The fourth-order valence-electron chi connectivity index (χ4n) is 2.44. The summed E-state index contributed by atoms with van der Waals surface area (Å²) in [6, 6.07) is 6.73. The molecule has 0 radical (unpaired) electrons. The predicted octanol–water partition coefficient (Wildman–Crippen LogP) is 2.10. The fourth-order valence-corrected chi connectivity index (χ4v) is 2.44. The highest BCUT2D eigenvalue weighted by molar-refractivity contribution is 5.85. The van der Waals surface area contributed by atoms with Crippen LogP contribution in [-0.4, -0.2) is 32.6 Å². The summed E-state index contributed by atoms with van der Waals surface area (Å²) in [5.41, 5.74) is 1.70. The van der Waals surface area contributed by atoms with Gasteiger partial charge >= 0.3 is 5.97 Å². The normalized spacial score (nSPS) is 12.3. The highest BCUT2D eigenvalue weighted by atomic mass is 16.4. The van der Waals surface area contributed by atoms with Gasteiger partial charge in [-0.05, 0) is 25.5 Å². The van der Waals surface area contributed by atoms with Gasteiger partial charge < -0.3 is 15.0 Å². The van der Waals surface area contributed by atoms with Gasteiger partial charge in [0.15, 0.2) is 0 Å². The molecule has 1 unspecified atom stereocenters. The maximum absolute atomic E-state index is 12.2. The van der Waals surface area contributed by atoms with E-state index in [1.54, 1.807) is 4.57 Å². The van der Waals surface area contributed by atoms with Crippen LogP contribution < -0.4 is 5.32 Å². The first kappa shape index (κ1) is 16.0. The van der Waals surface area contributed by atoms with E-state index in [1.807, 2.05) is 38.1 Å². The number of hydrogen-bond acceptors (Lipinski definition) is 3. The number of imidazole rings is 1. The lowest BCUT2D eigenvalue weighted by atomic mass is 10.1. The minimum Gasteiger partial charge on any atom is -0.480 e. The van der Waals surface area contributed by atoms with Crippen LogP contribution in [0.15, 0.2) is 24.3 Å². The number of nitrogens with one attached hydrogen (secondary N) is 1. The molecule has 0 aliphatic carbocycles. The molecule has 22 heavy (non-hydrogen) atoms. The molecule has 2 rings (SSSR count). The number of aromatic nitrogens is 2. The van der Waals surface area contributed by atoms with E-state index in [2.05, 4.69) is 10.3 Å². The largest absolute Gasteiger partial charge is 0.480 e. The molecule has 6 nitrogen and oxygen atoms in total. The van der Waals surface area contributed by atoms with Gasteiger partial charge in [0.25, 0.3) is 0 Å². The van der Waals surface area contributed by atoms with E-state index in [1.165, 1.54) is 0 Å². The highest BCUT2D eigenvalue weighted by Crippen LogP contribution is 2.15. The summed E-state index contributed by atoms with van der Waals surface area (Å²) in [4.78, 5) is 27.7. The minimum absolute atomic E-state index is 0.0717. The van der Waals surface area contributed by atoms with Gasteiger partial charge in [0.05, 0.1) is 11.0 Å². The van der Waals surface area contributed by atoms with Crippen molar-refractivity contribution in [1.82, 2.24) is 14.9 Å². The number of benzene rings is 1. The first-order valence-corrected chi connectivity index (χ1v) is 7.47. The quantitative estimate of drug-likeness (QED) is 0.820. The molecule has 1 aromatic carbocycles. The molecule has 1 atom stereocenters. The Morgan fingerprint density at radius 2 is 2.09 bits per heavy atom. The standard InChI is InChI=1S/C16H21N3O3/c1-3-4-7-13(16(21)22)18-15(20)10-19-11(2)17-12-8-5-6-9-14(12)19/h5-6,8-9,13H,3-4,7,10H2,1-2H3,(H,18,20)(H,21,22). The summed E-state index contributed by atoms with van der Waals surface area (Å²) in [6.45, 7) is 3.89. The third kappa shape index (κ3) is 3.63. The summed E-state index contributed by atoms with van der Waals surface area (Å²) >= 11 is 0. The van der Waals surface area contributed by atoms with Gasteiger partial charge in [-0.2, -0.15) is 0 Å². The molecule has 0 aliphatic heterocycles. The monoisotopic (exact) mass is 303 g/mol. The van der Waals surface area contributed by atoms with Crippen molar-refractivity contribution in [3.05, 3.63) is 30.1 Å². The number of nitrogens with zero attached hydrogens (tertiary/aromatic N) is 2. The Kier molecular flexibility index (Phi) is 5.14. The van der Waals surface area contributed by atoms with Gasteiger partial charge in [-0.3, -0.25) is 4.79 Å². The van der Waals surface area contributed by atoms with Gasteiger partial charge in [-0.1, -0.05) is 31.9 Å². The number of aryl methyl sites for hydroxylation is 1. The van der Waals surface area contributed by atoms with Crippen molar-refractivity contribution < 1.29 is 14.7 Å². The van der Waals surface area contributed by atoms with Gasteiger partial charge in [0, 0.05) is 0 Å². The second-order valence-electron chi connectivity index (χ2n) is 5.33. The van der Waals surface area contributed by atoms with Crippen LogP contribution >= 0.6 is 0 Å². The molecule has 0 saturated carbocycles. The number of carbonyl (C=O) groups excluding carboxylic acids is 1. The van der Waals surface area contributed by atoms with E-state index < -0.39 is 12.0 Å². The number of fused-ring (bicyclic) bond motifs is 1. The lowest BCUT2D eigenvalue weighted by molar-refractivity contribution is -0.142. The number of aliphatic carboxylic acids is 1. The van der Waals surface area contributed by atoms with Crippen molar-refractivity contribution in [2.45, 2.75) is 45.7 Å². The molecule has 0 aliphatic rings. The minimum atomic E-state index is -0.992. The Labute approximate surface area is 129 Å². The molecule has 1 heterocycles. The number of carbonyl (C=O) groups is 2. The molecular formula is C16H21N3O3. The number of rotatable bonds is 7. The molecule has 0 spiro atoms. The molecule has 1 amide bonds. The Bertz CT molecular complexity index is 678. The van der Waals surface area contributed by atoms with Crippen LogP contribution in [-0.2, 0) is 16.1 Å². The Hall–Kier alpha value is -2.37. The van der Waals surface area contributed by atoms with Gasteiger partial charge in [-0.15, -0.1) is 0 Å². The maximum Gasteiger partial charge on any atom is 0.326 e. The maximum atomic E-state index is 12.2. The van der Waals surface area contributed by atoms with E-state index in [9.17, 15) is 9.59 Å². The number of amides is 1. The average molecular weight is 303 g/mol. The van der Waals surface area contributed by atoms with Crippen LogP contribution in [0.2, 0.25) is 0 Å². The second-order valence-corrected chi connectivity index (χ2v) is 5.33. The summed E-state index contributed by atoms with van der Waals surface area (Å²) in [6.07, 6.45) is 2.11. The summed E-state index contributed by atoms with van der Waals surface area (Å²) in [7, 11) is 0.